The number of aryl methyl sites for hydroxylation is 2. The van der Waals surface area contributed by atoms with Gasteiger partial charge in [-0.1, -0.05) is 0 Å². The summed E-state index contributed by atoms with van der Waals surface area (Å²) in [5.41, 5.74) is -0.430. The maximum atomic E-state index is 15.3. The van der Waals surface area contributed by atoms with E-state index < -0.39 is 46.3 Å². The highest BCUT2D eigenvalue weighted by Gasteiger charge is 2.35. The summed E-state index contributed by atoms with van der Waals surface area (Å²) in [6.45, 7) is 7.04. The number of anilines is 1. The van der Waals surface area contributed by atoms with Crippen LogP contribution in [-0.2, 0) is 22.8 Å². The van der Waals surface area contributed by atoms with E-state index in [0.29, 0.717) is 18.5 Å². The zero-order valence-electron chi connectivity index (χ0n) is 20.9. The number of hydrogen-bond donors (Lipinski definition) is 3. The van der Waals surface area contributed by atoms with Crippen molar-refractivity contribution < 1.29 is 32.4 Å². The van der Waals surface area contributed by atoms with Crippen molar-refractivity contribution in [2.24, 2.45) is 13.0 Å². The van der Waals surface area contributed by atoms with Crippen molar-refractivity contribution >= 4 is 28.7 Å². The van der Waals surface area contributed by atoms with Crippen molar-refractivity contribution in [1.82, 2.24) is 14.2 Å². The van der Waals surface area contributed by atoms with Gasteiger partial charge in [0.1, 0.15) is 33.0 Å². The summed E-state index contributed by atoms with van der Waals surface area (Å²) in [5.74, 6) is -2.51. The number of nitrogens with one attached hydrogen (secondary N) is 2. The van der Waals surface area contributed by atoms with Gasteiger partial charge in [-0.15, -0.1) is 0 Å². The van der Waals surface area contributed by atoms with Gasteiger partial charge in [-0.05, 0) is 57.9 Å². The van der Waals surface area contributed by atoms with Crippen molar-refractivity contribution in [3.05, 3.63) is 47.3 Å². The average Bonchev–Trinajstić information content (AvgIpc) is 3.09. The van der Waals surface area contributed by atoms with Crippen LogP contribution in [0.25, 0.3) is 0 Å². The highest BCUT2D eigenvalue weighted by molar-refractivity contribution is 7.83. The van der Waals surface area contributed by atoms with E-state index in [0.717, 1.165) is 0 Å². The number of nitrogens with zero attached hydrogens (tertiary/aromatic N) is 2. The molecular formula is C24H32F2N4O5S. The van der Waals surface area contributed by atoms with E-state index in [1.807, 2.05) is 0 Å². The predicted octanol–water partition coefficient (Wildman–Crippen LogP) is 3.09. The molecule has 0 saturated carbocycles. The van der Waals surface area contributed by atoms with Gasteiger partial charge in [0.2, 0.25) is 0 Å². The maximum absolute atomic E-state index is 15.3. The topological polar surface area (TPSA) is 113 Å². The van der Waals surface area contributed by atoms with Crippen LogP contribution in [0.2, 0.25) is 0 Å². The van der Waals surface area contributed by atoms with Crippen molar-refractivity contribution in [2.45, 2.75) is 50.7 Å². The molecule has 0 radical (unpaired) electrons. The molecule has 0 bridgehead atoms. The van der Waals surface area contributed by atoms with Crippen molar-refractivity contribution in [3.63, 3.8) is 0 Å². The summed E-state index contributed by atoms with van der Waals surface area (Å²) in [5, 5.41) is 12.3. The van der Waals surface area contributed by atoms with Crippen molar-refractivity contribution in [1.29, 1.82) is 0 Å². The molecule has 1 aliphatic rings. The summed E-state index contributed by atoms with van der Waals surface area (Å²) in [6, 6.07) is 3.37. The number of aromatic nitrogens is 1. The van der Waals surface area contributed by atoms with Gasteiger partial charge in [0.05, 0.1) is 0 Å². The van der Waals surface area contributed by atoms with Gasteiger partial charge < -0.3 is 24.6 Å². The third-order valence-electron chi connectivity index (χ3n) is 5.82. The van der Waals surface area contributed by atoms with Crippen LogP contribution in [-0.4, -0.2) is 62.1 Å². The lowest BCUT2D eigenvalue weighted by atomic mass is 9.93. The Morgan fingerprint density at radius 1 is 1.28 bits per heavy atom. The molecule has 9 nitrogen and oxygen atoms in total. The number of carbonyl (C=O) groups excluding carboxylic acids is 2. The molecule has 2 aromatic rings. The number of halogens is 2. The zero-order chi connectivity index (χ0) is 26.8. The minimum Gasteiger partial charge on any atom is -0.444 e. The maximum Gasteiger partial charge on any atom is 0.410 e. The lowest BCUT2D eigenvalue weighted by molar-refractivity contribution is 0.0117. The third kappa shape index (κ3) is 6.48. The molecule has 1 saturated heterocycles. The first kappa shape index (κ1) is 27.8. The van der Waals surface area contributed by atoms with Gasteiger partial charge in [-0.3, -0.25) is 4.79 Å². The molecule has 1 aliphatic heterocycles. The van der Waals surface area contributed by atoms with Crippen LogP contribution >= 0.6 is 0 Å². The van der Waals surface area contributed by atoms with E-state index in [1.165, 1.54) is 47.8 Å². The molecule has 36 heavy (non-hydrogen) atoms. The summed E-state index contributed by atoms with van der Waals surface area (Å²) in [6.07, 6.45) is 1.15. The van der Waals surface area contributed by atoms with Crippen molar-refractivity contribution in [3.8, 4) is 0 Å². The fourth-order valence-electron chi connectivity index (χ4n) is 3.92. The minimum atomic E-state index is -2.09. The molecule has 1 fully saturated rings. The molecule has 0 aliphatic carbocycles. The van der Waals surface area contributed by atoms with E-state index in [2.05, 4.69) is 10.0 Å². The average molecular weight is 527 g/mol. The Hall–Kier alpha value is -2.83. The molecule has 12 heteroatoms. The number of aliphatic hydroxyl groups excluding tert-OH is 1. The Kier molecular flexibility index (Phi) is 8.52. The van der Waals surface area contributed by atoms with E-state index in [9.17, 15) is 23.3 Å². The second kappa shape index (κ2) is 11.1. The number of hydrogen-bond acceptors (Lipinski definition) is 5. The Bertz CT molecular complexity index is 1160. The Balaban J connectivity index is 1.75. The van der Waals surface area contributed by atoms with Crippen LogP contribution < -0.4 is 10.0 Å². The Morgan fingerprint density at radius 3 is 2.58 bits per heavy atom. The highest BCUT2D eigenvalue weighted by atomic mass is 32.2. The smallest absolute Gasteiger partial charge is 0.410 e. The fourth-order valence-corrected chi connectivity index (χ4v) is 5.10. The number of aliphatic hydroxyl groups is 1. The lowest BCUT2D eigenvalue weighted by Crippen LogP contribution is -2.54. The predicted molar refractivity (Wildman–Crippen MR) is 131 cm³/mol. The SMILES string of the molecule is Cc1cc(NC(=O)c2c(F)c(S(=O)NC3CN(C(=O)OC(C)(C)C)CCC3CO)cn2C)ccc1F. The second-order valence-electron chi connectivity index (χ2n) is 9.84. The van der Waals surface area contributed by atoms with Gasteiger partial charge in [0, 0.05) is 50.6 Å². The summed E-state index contributed by atoms with van der Waals surface area (Å²) in [4.78, 5) is 26.4. The zero-order valence-corrected chi connectivity index (χ0v) is 21.7. The Labute approximate surface area is 211 Å². The molecule has 3 N–H and O–H groups in total. The number of ether oxygens (including phenoxy) is 1. The molecule has 2 heterocycles. The molecule has 1 aromatic carbocycles. The molecule has 198 valence electrons. The number of carbonyl (C=O) groups is 2. The lowest BCUT2D eigenvalue weighted by Gasteiger charge is -2.38. The van der Waals surface area contributed by atoms with E-state index in [-0.39, 0.29) is 35.3 Å². The number of piperidine rings is 1. The Morgan fingerprint density at radius 2 is 1.97 bits per heavy atom. The van der Waals surface area contributed by atoms with Crippen LogP contribution in [0.5, 0.6) is 0 Å². The summed E-state index contributed by atoms with van der Waals surface area (Å²) in [7, 11) is -0.646. The number of benzene rings is 1. The molecule has 1 aromatic heterocycles. The van der Waals surface area contributed by atoms with E-state index in [1.54, 1.807) is 20.8 Å². The molecule has 3 rings (SSSR count). The molecule has 3 unspecified atom stereocenters. The molecule has 3 atom stereocenters. The molecular weight excluding hydrogens is 494 g/mol. The minimum absolute atomic E-state index is 0.109. The molecule has 2 amide bonds. The number of amides is 2. The van der Waals surface area contributed by atoms with Crippen LogP contribution in [0.3, 0.4) is 0 Å². The van der Waals surface area contributed by atoms with Crippen LogP contribution in [0.15, 0.2) is 29.3 Å². The standard InChI is InChI=1S/C24H32F2N4O5S/c1-14-10-16(6-7-17(14)25)27-22(32)21-20(26)19(12-29(21)5)36(34)28-18-11-30(9-8-15(18)13-31)23(33)35-24(2,3)4/h6-7,10,12,15,18,28,31H,8-9,11,13H2,1-5H3,(H,27,32). The molecule has 0 spiro atoms. The van der Waals surface area contributed by atoms with Crippen LogP contribution in [0.4, 0.5) is 19.3 Å². The fraction of sp³-hybridized carbons (Fsp3) is 0.500. The largest absolute Gasteiger partial charge is 0.444 e. The van der Waals surface area contributed by atoms with Gasteiger partial charge in [0.25, 0.3) is 5.91 Å². The van der Waals surface area contributed by atoms with E-state index in [4.69, 9.17) is 4.74 Å². The summed E-state index contributed by atoms with van der Waals surface area (Å²) < 4.78 is 51.3. The third-order valence-corrected chi connectivity index (χ3v) is 7.02. The first-order chi connectivity index (χ1) is 16.8. The van der Waals surface area contributed by atoms with Crippen molar-refractivity contribution in [2.75, 3.05) is 25.0 Å². The van der Waals surface area contributed by atoms with E-state index >= 15 is 4.39 Å². The monoisotopic (exact) mass is 526 g/mol. The first-order valence-electron chi connectivity index (χ1n) is 11.5. The van der Waals surface area contributed by atoms with Gasteiger partial charge >= 0.3 is 6.09 Å². The van der Waals surface area contributed by atoms with Gasteiger partial charge in [0.15, 0.2) is 5.82 Å². The summed E-state index contributed by atoms with van der Waals surface area (Å²) >= 11 is 0. The highest BCUT2D eigenvalue weighted by Crippen LogP contribution is 2.24. The first-order valence-corrected chi connectivity index (χ1v) is 12.6. The quantitative estimate of drug-likeness (QED) is 0.536. The normalized spacial score (nSPS) is 19.2. The van der Waals surface area contributed by atoms with Crippen LogP contribution in [0, 0.1) is 24.5 Å². The second-order valence-corrected chi connectivity index (χ2v) is 11.0. The van der Waals surface area contributed by atoms with Crippen LogP contribution in [0.1, 0.15) is 43.2 Å². The van der Waals surface area contributed by atoms with Gasteiger partial charge in [-0.25, -0.2) is 22.5 Å². The number of rotatable bonds is 6. The van der Waals surface area contributed by atoms with Gasteiger partial charge in [-0.2, -0.15) is 0 Å². The number of likely N-dealkylation sites (tertiary alicyclic amines) is 1.